The molecule has 0 unspecified atom stereocenters. The van der Waals surface area contributed by atoms with Gasteiger partial charge in [0.15, 0.2) is 0 Å². The molecule has 0 saturated carbocycles. The van der Waals surface area contributed by atoms with Crippen molar-refractivity contribution in [2.75, 3.05) is 0 Å². The molecule has 0 nitrogen and oxygen atoms in total. The van der Waals surface area contributed by atoms with Gasteiger partial charge in [0, 0.05) is 0 Å². The molecule has 0 aliphatic rings. The van der Waals surface area contributed by atoms with Crippen molar-refractivity contribution in [3.63, 3.8) is 0 Å². The van der Waals surface area contributed by atoms with E-state index in [0.717, 1.165) is 0 Å². The standard InChI is InChI=1S/C30H39B/c1-28(2,3)22-10-16-25(17-11-22)31(26-18-12-23(13-19-26)29(4,5)6)27-20-14-24(15-21-27)30(7,8)9/h10-21H,1-9H3. The van der Waals surface area contributed by atoms with Crippen LogP contribution in [0.3, 0.4) is 0 Å². The van der Waals surface area contributed by atoms with Crippen LogP contribution in [0.5, 0.6) is 0 Å². The fourth-order valence-corrected chi connectivity index (χ4v) is 4.10. The molecule has 3 rings (SSSR count). The van der Waals surface area contributed by atoms with Gasteiger partial charge in [-0.1, -0.05) is 151 Å². The molecule has 0 heterocycles. The monoisotopic (exact) mass is 410 g/mol. The van der Waals surface area contributed by atoms with Crippen molar-refractivity contribution in [3.8, 4) is 0 Å². The molecule has 162 valence electrons. The van der Waals surface area contributed by atoms with Gasteiger partial charge in [0.2, 0.25) is 6.71 Å². The Morgan fingerprint density at radius 1 is 0.355 bits per heavy atom. The van der Waals surface area contributed by atoms with Crippen molar-refractivity contribution >= 4 is 23.1 Å². The van der Waals surface area contributed by atoms with E-state index >= 15 is 0 Å². The van der Waals surface area contributed by atoms with Crippen LogP contribution in [-0.4, -0.2) is 6.71 Å². The molecular weight excluding hydrogens is 371 g/mol. The van der Waals surface area contributed by atoms with E-state index in [0.29, 0.717) is 0 Å². The molecule has 3 aromatic rings. The van der Waals surface area contributed by atoms with Gasteiger partial charge in [-0.3, -0.25) is 0 Å². The zero-order valence-corrected chi connectivity index (χ0v) is 21.0. The maximum atomic E-state index is 2.32. The summed E-state index contributed by atoms with van der Waals surface area (Å²) in [6, 6.07) is 27.7. The van der Waals surface area contributed by atoms with Crippen LogP contribution < -0.4 is 16.4 Å². The molecule has 0 aliphatic carbocycles. The first-order valence-electron chi connectivity index (χ1n) is 11.6. The second kappa shape index (κ2) is 8.34. The highest BCUT2D eigenvalue weighted by molar-refractivity contribution is 6.95. The van der Waals surface area contributed by atoms with E-state index in [2.05, 4.69) is 135 Å². The third kappa shape index (κ3) is 5.51. The fraction of sp³-hybridized carbons (Fsp3) is 0.400. The molecule has 0 fully saturated rings. The van der Waals surface area contributed by atoms with Gasteiger partial charge in [-0.2, -0.15) is 0 Å². The largest absolute Gasteiger partial charge is 0.241 e. The second-order valence-corrected chi connectivity index (χ2v) is 12.0. The molecule has 0 atom stereocenters. The Hall–Kier alpha value is -2.28. The van der Waals surface area contributed by atoms with E-state index in [1.165, 1.54) is 33.1 Å². The summed E-state index contributed by atoms with van der Waals surface area (Å²) in [7, 11) is 0. The second-order valence-electron chi connectivity index (χ2n) is 12.0. The SMILES string of the molecule is CC(C)(C)c1ccc(B(c2ccc(C(C)(C)C)cc2)c2ccc(C(C)(C)C)cc2)cc1. The van der Waals surface area contributed by atoms with Gasteiger partial charge >= 0.3 is 0 Å². The topological polar surface area (TPSA) is 0 Å². The Bertz CT molecular complexity index is 850. The summed E-state index contributed by atoms with van der Waals surface area (Å²) >= 11 is 0. The summed E-state index contributed by atoms with van der Waals surface area (Å²) in [4.78, 5) is 0. The summed E-state index contributed by atoms with van der Waals surface area (Å²) in [6.07, 6.45) is 0. The molecule has 0 spiro atoms. The first-order chi connectivity index (χ1) is 14.3. The highest BCUT2D eigenvalue weighted by Gasteiger charge is 2.24. The molecule has 31 heavy (non-hydrogen) atoms. The third-order valence-corrected chi connectivity index (χ3v) is 6.33. The Morgan fingerprint density at radius 3 is 0.710 bits per heavy atom. The lowest BCUT2D eigenvalue weighted by molar-refractivity contribution is 0.590. The Morgan fingerprint density at radius 2 is 0.548 bits per heavy atom. The van der Waals surface area contributed by atoms with Crippen molar-refractivity contribution in [1.29, 1.82) is 0 Å². The quantitative estimate of drug-likeness (QED) is 0.458. The predicted octanol–water partition coefficient (Wildman–Crippen LogP) is 6.10. The average Bonchev–Trinajstić information content (AvgIpc) is 2.67. The highest BCUT2D eigenvalue weighted by atomic mass is 14.2. The molecule has 0 amide bonds. The molecule has 0 radical (unpaired) electrons. The van der Waals surface area contributed by atoms with E-state index in [1.807, 2.05) is 0 Å². The van der Waals surface area contributed by atoms with Crippen LogP contribution in [0.25, 0.3) is 0 Å². The van der Waals surface area contributed by atoms with Crippen molar-refractivity contribution in [2.45, 2.75) is 78.6 Å². The molecule has 1 heteroatoms. The van der Waals surface area contributed by atoms with Crippen LogP contribution >= 0.6 is 0 Å². The minimum Gasteiger partial charge on any atom is -0.0686 e. The van der Waals surface area contributed by atoms with Crippen LogP contribution in [0.4, 0.5) is 0 Å². The van der Waals surface area contributed by atoms with Gasteiger partial charge in [-0.15, -0.1) is 0 Å². The van der Waals surface area contributed by atoms with Crippen molar-refractivity contribution < 1.29 is 0 Å². The summed E-state index contributed by atoms with van der Waals surface area (Å²) in [5.41, 5.74) is 8.66. The zero-order valence-electron chi connectivity index (χ0n) is 21.0. The van der Waals surface area contributed by atoms with E-state index in [4.69, 9.17) is 0 Å². The summed E-state index contributed by atoms with van der Waals surface area (Å²) in [5.74, 6) is 0. The first kappa shape index (κ1) is 23.4. The lowest BCUT2D eigenvalue weighted by Gasteiger charge is -2.23. The van der Waals surface area contributed by atoms with Crippen molar-refractivity contribution in [2.24, 2.45) is 0 Å². The molecule has 0 saturated heterocycles. The fourth-order valence-electron chi connectivity index (χ4n) is 4.10. The molecule has 3 aromatic carbocycles. The number of rotatable bonds is 3. The van der Waals surface area contributed by atoms with E-state index < -0.39 is 0 Å². The van der Waals surface area contributed by atoms with Gasteiger partial charge in [0.1, 0.15) is 0 Å². The number of hydrogen-bond acceptors (Lipinski definition) is 0. The molecule has 0 N–H and O–H groups in total. The van der Waals surface area contributed by atoms with E-state index in [9.17, 15) is 0 Å². The predicted molar refractivity (Wildman–Crippen MR) is 140 cm³/mol. The molecule has 0 aliphatic heterocycles. The normalized spacial score (nSPS) is 12.7. The summed E-state index contributed by atoms with van der Waals surface area (Å²) in [5, 5.41) is 0. The van der Waals surface area contributed by atoms with Crippen LogP contribution in [-0.2, 0) is 16.2 Å². The Balaban J connectivity index is 2.08. The maximum absolute atomic E-state index is 2.32. The van der Waals surface area contributed by atoms with Crippen LogP contribution in [0, 0.1) is 0 Å². The Labute approximate surface area is 191 Å². The van der Waals surface area contributed by atoms with E-state index in [1.54, 1.807) is 0 Å². The Kier molecular flexibility index (Phi) is 6.29. The summed E-state index contributed by atoms with van der Waals surface area (Å²) < 4.78 is 0. The first-order valence-corrected chi connectivity index (χ1v) is 11.6. The van der Waals surface area contributed by atoms with Gasteiger partial charge in [-0.05, 0) is 32.9 Å². The van der Waals surface area contributed by atoms with Crippen molar-refractivity contribution in [1.82, 2.24) is 0 Å². The zero-order chi connectivity index (χ0) is 23.0. The molecule has 0 bridgehead atoms. The minimum absolute atomic E-state index is 0.163. The van der Waals surface area contributed by atoms with Crippen LogP contribution in [0.15, 0.2) is 72.8 Å². The van der Waals surface area contributed by atoms with Gasteiger partial charge in [0.05, 0.1) is 0 Å². The van der Waals surface area contributed by atoms with Gasteiger partial charge < -0.3 is 0 Å². The maximum Gasteiger partial charge on any atom is 0.241 e. The van der Waals surface area contributed by atoms with E-state index in [-0.39, 0.29) is 23.0 Å². The number of benzene rings is 3. The minimum atomic E-state index is 0.163. The lowest BCUT2D eigenvalue weighted by Crippen LogP contribution is -2.52. The average molecular weight is 410 g/mol. The molecular formula is C30H39B. The lowest BCUT2D eigenvalue weighted by atomic mass is 9.36. The summed E-state index contributed by atoms with van der Waals surface area (Å²) in [6.45, 7) is 20.7. The van der Waals surface area contributed by atoms with Crippen molar-refractivity contribution in [3.05, 3.63) is 89.5 Å². The third-order valence-electron chi connectivity index (χ3n) is 6.33. The number of hydrogen-bond donors (Lipinski definition) is 0. The molecule has 0 aromatic heterocycles. The highest BCUT2D eigenvalue weighted by Crippen LogP contribution is 2.23. The van der Waals surface area contributed by atoms with Gasteiger partial charge in [-0.25, -0.2) is 0 Å². The van der Waals surface area contributed by atoms with Crippen LogP contribution in [0.2, 0.25) is 0 Å². The van der Waals surface area contributed by atoms with Crippen LogP contribution in [0.1, 0.15) is 79.0 Å². The van der Waals surface area contributed by atoms with Gasteiger partial charge in [0.25, 0.3) is 0 Å². The smallest absolute Gasteiger partial charge is 0.0686 e.